The number of hydrogen-bond donors (Lipinski definition) is 2. The highest BCUT2D eigenvalue weighted by Gasteiger charge is 2.33. The number of halogens is 3. The summed E-state index contributed by atoms with van der Waals surface area (Å²) in [5.74, 6) is -2.40. The number of methoxy groups -OCH3 is 1. The minimum atomic E-state index is -4.65. The summed E-state index contributed by atoms with van der Waals surface area (Å²) in [4.78, 5) is 21.5. The van der Waals surface area contributed by atoms with E-state index in [1.165, 1.54) is 0 Å². The first kappa shape index (κ1) is 13.7. The van der Waals surface area contributed by atoms with Crippen LogP contribution in [0.25, 0.3) is 0 Å². The molecule has 0 spiro atoms. The van der Waals surface area contributed by atoms with E-state index in [-0.39, 0.29) is 0 Å². The second-order valence-corrected chi connectivity index (χ2v) is 2.62. The van der Waals surface area contributed by atoms with Crippen LogP contribution in [0.5, 0.6) is 0 Å². The molecule has 0 aromatic rings. The number of rotatable bonds is 4. The normalized spacial score (nSPS) is 13.1. The van der Waals surface area contributed by atoms with E-state index in [1.54, 1.807) is 5.32 Å². The molecule has 0 aliphatic carbocycles. The highest BCUT2D eigenvalue weighted by Crippen LogP contribution is 2.18. The first-order chi connectivity index (χ1) is 6.80. The van der Waals surface area contributed by atoms with Gasteiger partial charge in [-0.3, -0.25) is 4.79 Å². The number of carbonyl (C=O) groups excluding carboxylic acids is 2. The lowest BCUT2D eigenvalue weighted by Crippen LogP contribution is -2.45. The van der Waals surface area contributed by atoms with E-state index in [4.69, 9.17) is 5.11 Å². The molecule has 0 bridgehead atoms. The number of carbonyl (C=O) groups is 2. The number of hydrogen-bond acceptors (Lipinski definition) is 4. The van der Waals surface area contributed by atoms with Gasteiger partial charge in [-0.05, 0) is 0 Å². The van der Waals surface area contributed by atoms with Crippen molar-refractivity contribution in [2.45, 2.75) is 18.6 Å². The van der Waals surface area contributed by atoms with E-state index < -0.39 is 37.1 Å². The van der Waals surface area contributed by atoms with Gasteiger partial charge in [0.2, 0.25) is 5.91 Å². The van der Waals surface area contributed by atoms with Crippen molar-refractivity contribution in [2.75, 3.05) is 13.7 Å². The minimum Gasteiger partial charge on any atom is -0.467 e. The van der Waals surface area contributed by atoms with Crippen molar-refractivity contribution >= 4 is 11.9 Å². The number of ether oxygens (including phenoxy) is 1. The van der Waals surface area contributed by atoms with Crippen LogP contribution in [0.3, 0.4) is 0 Å². The van der Waals surface area contributed by atoms with E-state index in [2.05, 4.69) is 4.74 Å². The van der Waals surface area contributed by atoms with Crippen LogP contribution in [0.15, 0.2) is 0 Å². The third-order valence-electron chi connectivity index (χ3n) is 1.36. The first-order valence-electron chi connectivity index (χ1n) is 3.85. The lowest BCUT2D eigenvalue weighted by molar-refractivity contribution is -0.158. The molecule has 0 aromatic carbocycles. The van der Waals surface area contributed by atoms with Crippen LogP contribution >= 0.6 is 0 Å². The molecule has 1 atom stereocenters. The van der Waals surface area contributed by atoms with Crippen molar-refractivity contribution in [2.24, 2.45) is 0 Å². The van der Waals surface area contributed by atoms with E-state index in [9.17, 15) is 22.8 Å². The predicted octanol–water partition coefficient (Wildman–Crippen LogP) is -0.411. The van der Waals surface area contributed by atoms with Crippen LogP contribution in [-0.4, -0.2) is 42.9 Å². The quantitative estimate of drug-likeness (QED) is 0.642. The van der Waals surface area contributed by atoms with Gasteiger partial charge in [-0.1, -0.05) is 0 Å². The maximum atomic E-state index is 11.7. The highest BCUT2D eigenvalue weighted by atomic mass is 19.4. The van der Waals surface area contributed by atoms with E-state index in [0.717, 1.165) is 7.11 Å². The zero-order valence-corrected chi connectivity index (χ0v) is 7.80. The summed E-state index contributed by atoms with van der Waals surface area (Å²) in [5.41, 5.74) is 0. The molecule has 15 heavy (non-hydrogen) atoms. The van der Waals surface area contributed by atoms with Crippen molar-refractivity contribution in [3.63, 3.8) is 0 Å². The fourth-order valence-corrected chi connectivity index (χ4v) is 0.749. The smallest absolute Gasteiger partial charge is 0.397 e. The molecular formula is C7H10F3NO4. The molecule has 88 valence electrons. The first-order valence-corrected chi connectivity index (χ1v) is 3.85. The molecule has 0 radical (unpaired) electrons. The van der Waals surface area contributed by atoms with Crippen molar-refractivity contribution in [1.82, 2.24) is 5.32 Å². The minimum absolute atomic E-state index is 0.823. The Balaban J connectivity index is 4.20. The summed E-state index contributed by atoms with van der Waals surface area (Å²) in [6, 6.07) is -1.47. The van der Waals surface area contributed by atoms with Gasteiger partial charge in [0.1, 0.15) is 6.42 Å². The van der Waals surface area contributed by atoms with Gasteiger partial charge >= 0.3 is 12.1 Å². The average Bonchev–Trinajstić information content (AvgIpc) is 2.10. The lowest BCUT2D eigenvalue weighted by Gasteiger charge is -2.14. The molecule has 0 saturated carbocycles. The van der Waals surface area contributed by atoms with Gasteiger partial charge < -0.3 is 15.2 Å². The number of aliphatic hydroxyl groups is 1. The number of nitrogens with one attached hydrogen (secondary N) is 1. The molecule has 2 N–H and O–H groups in total. The largest absolute Gasteiger partial charge is 0.467 e. The summed E-state index contributed by atoms with van der Waals surface area (Å²) >= 11 is 0. The topological polar surface area (TPSA) is 75.6 Å². The van der Waals surface area contributed by atoms with E-state index in [1.807, 2.05) is 0 Å². The number of aliphatic hydroxyl groups excluding tert-OH is 1. The molecule has 0 aliphatic heterocycles. The van der Waals surface area contributed by atoms with Crippen LogP contribution in [0.4, 0.5) is 13.2 Å². The Kier molecular flexibility index (Phi) is 5.06. The molecule has 0 fully saturated rings. The molecule has 5 nitrogen and oxygen atoms in total. The van der Waals surface area contributed by atoms with Crippen LogP contribution in [0.2, 0.25) is 0 Å². The Morgan fingerprint density at radius 2 is 2.00 bits per heavy atom. The van der Waals surface area contributed by atoms with Crippen molar-refractivity contribution in [3.05, 3.63) is 0 Å². The van der Waals surface area contributed by atoms with Crippen LogP contribution < -0.4 is 5.32 Å². The highest BCUT2D eigenvalue weighted by molar-refractivity contribution is 5.84. The van der Waals surface area contributed by atoms with E-state index in [0.29, 0.717) is 0 Å². The van der Waals surface area contributed by atoms with Crippen LogP contribution in [0, 0.1) is 0 Å². The predicted molar refractivity (Wildman–Crippen MR) is 41.7 cm³/mol. The van der Waals surface area contributed by atoms with Crippen LogP contribution in [-0.2, 0) is 14.3 Å². The van der Waals surface area contributed by atoms with Crippen molar-refractivity contribution < 1.29 is 32.6 Å². The van der Waals surface area contributed by atoms with Gasteiger partial charge in [0, 0.05) is 0 Å². The van der Waals surface area contributed by atoms with Crippen molar-refractivity contribution in [3.8, 4) is 0 Å². The van der Waals surface area contributed by atoms with Gasteiger partial charge in [0.25, 0.3) is 0 Å². The second kappa shape index (κ2) is 5.54. The maximum Gasteiger partial charge on any atom is 0.397 e. The van der Waals surface area contributed by atoms with E-state index >= 15 is 0 Å². The fourth-order valence-electron chi connectivity index (χ4n) is 0.749. The molecule has 0 heterocycles. The molecule has 0 rings (SSSR count). The monoisotopic (exact) mass is 229 g/mol. The summed E-state index contributed by atoms with van der Waals surface area (Å²) < 4.78 is 39.3. The summed E-state index contributed by atoms with van der Waals surface area (Å²) in [6.07, 6.45) is -6.36. The van der Waals surface area contributed by atoms with Gasteiger partial charge in [0.15, 0.2) is 6.04 Å². The van der Waals surface area contributed by atoms with Gasteiger partial charge in [0.05, 0.1) is 13.7 Å². The fraction of sp³-hybridized carbons (Fsp3) is 0.714. The third kappa shape index (κ3) is 5.89. The molecule has 0 saturated heterocycles. The maximum absolute atomic E-state index is 11.7. The molecule has 0 aliphatic rings. The Morgan fingerprint density at radius 3 is 2.33 bits per heavy atom. The number of amides is 1. The Bertz CT molecular complexity index is 241. The zero-order valence-electron chi connectivity index (χ0n) is 7.80. The Hall–Kier alpha value is -1.31. The summed E-state index contributed by atoms with van der Waals surface area (Å²) in [7, 11) is 0.987. The molecular weight excluding hydrogens is 219 g/mol. The molecule has 1 amide bonds. The molecule has 8 heteroatoms. The van der Waals surface area contributed by atoms with Crippen LogP contribution in [0.1, 0.15) is 6.42 Å². The molecule has 0 aromatic heterocycles. The average molecular weight is 229 g/mol. The third-order valence-corrected chi connectivity index (χ3v) is 1.36. The summed E-state index contributed by atoms with van der Waals surface area (Å²) in [5, 5.41) is 10.3. The second-order valence-electron chi connectivity index (χ2n) is 2.62. The van der Waals surface area contributed by atoms with Gasteiger partial charge in [-0.15, -0.1) is 0 Å². The Labute approximate surface area is 83.2 Å². The number of alkyl halides is 3. The standard InChI is InChI=1S/C7H10F3NO4/c1-15-6(14)4(3-12)11-5(13)2-7(8,9)10/h4,12H,2-3H2,1H3,(H,11,13). The number of esters is 1. The van der Waals surface area contributed by atoms with Gasteiger partial charge in [-0.2, -0.15) is 13.2 Å². The SMILES string of the molecule is COC(=O)C(CO)NC(=O)CC(F)(F)F. The summed E-state index contributed by atoms with van der Waals surface area (Å²) in [6.45, 7) is -0.823. The van der Waals surface area contributed by atoms with Crippen molar-refractivity contribution in [1.29, 1.82) is 0 Å². The lowest BCUT2D eigenvalue weighted by atomic mass is 10.3. The molecule has 1 unspecified atom stereocenters. The Morgan fingerprint density at radius 1 is 1.47 bits per heavy atom. The zero-order chi connectivity index (χ0) is 12.1. The van der Waals surface area contributed by atoms with Gasteiger partial charge in [-0.25, -0.2) is 4.79 Å².